The standard InChI is InChI=1S/C31H25BrN4O/c1-20-8-17-27-26(18-20)30(23-6-4-3-5-7-23)34-31(33-27)36-29(22-9-13-24(32)14-10-22)19-28(35-36)21-11-15-25(37-2)16-12-21/h3-18,29H,19H2,1-2H3/t29-/m1/s1. The van der Waals surface area contributed by atoms with Crippen LogP contribution in [0, 0.1) is 6.92 Å². The minimum Gasteiger partial charge on any atom is -0.497 e. The summed E-state index contributed by atoms with van der Waals surface area (Å²) >= 11 is 3.57. The molecule has 5 nitrogen and oxygen atoms in total. The number of benzene rings is 4. The number of aromatic nitrogens is 2. The van der Waals surface area contributed by atoms with E-state index in [0.29, 0.717) is 5.95 Å². The van der Waals surface area contributed by atoms with Gasteiger partial charge in [0, 0.05) is 21.8 Å². The monoisotopic (exact) mass is 548 g/mol. The fourth-order valence-corrected chi connectivity index (χ4v) is 5.01. The van der Waals surface area contributed by atoms with E-state index in [1.807, 2.05) is 35.3 Å². The summed E-state index contributed by atoms with van der Waals surface area (Å²) in [6, 6.07) is 33.0. The van der Waals surface area contributed by atoms with E-state index in [1.165, 1.54) is 5.56 Å². The lowest BCUT2D eigenvalue weighted by Gasteiger charge is -2.23. The van der Waals surface area contributed by atoms with E-state index >= 15 is 0 Å². The van der Waals surface area contributed by atoms with Crippen molar-refractivity contribution in [3.63, 3.8) is 0 Å². The molecular weight excluding hydrogens is 524 g/mol. The highest BCUT2D eigenvalue weighted by Crippen LogP contribution is 2.38. The minimum atomic E-state index is -0.0308. The molecule has 1 aliphatic heterocycles. The molecule has 0 unspecified atom stereocenters. The quantitative estimate of drug-likeness (QED) is 0.225. The average molecular weight is 549 g/mol. The van der Waals surface area contributed by atoms with E-state index in [1.54, 1.807) is 7.11 Å². The first-order valence-electron chi connectivity index (χ1n) is 12.2. The topological polar surface area (TPSA) is 50.6 Å². The number of ether oxygens (including phenoxy) is 1. The highest BCUT2D eigenvalue weighted by molar-refractivity contribution is 9.10. The van der Waals surface area contributed by atoms with Gasteiger partial charge in [-0.1, -0.05) is 70.0 Å². The minimum absolute atomic E-state index is 0.0308. The van der Waals surface area contributed by atoms with Gasteiger partial charge in [-0.25, -0.2) is 15.0 Å². The van der Waals surface area contributed by atoms with Crippen molar-refractivity contribution in [2.75, 3.05) is 12.1 Å². The number of hydrazone groups is 1. The van der Waals surface area contributed by atoms with Crippen LogP contribution >= 0.6 is 15.9 Å². The van der Waals surface area contributed by atoms with E-state index < -0.39 is 0 Å². The molecule has 0 aliphatic carbocycles. The first kappa shape index (κ1) is 23.4. The Morgan fingerprint density at radius 3 is 2.32 bits per heavy atom. The van der Waals surface area contributed by atoms with Crippen molar-refractivity contribution in [3.8, 4) is 17.0 Å². The Morgan fingerprint density at radius 2 is 1.59 bits per heavy atom. The molecule has 0 saturated heterocycles. The number of methoxy groups -OCH3 is 1. The van der Waals surface area contributed by atoms with Gasteiger partial charge < -0.3 is 4.74 Å². The van der Waals surface area contributed by atoms with Crippen LogP contribution < -0.4 is 9.75 Å². The first-order valence-corrected chi connectivity index (χ1v) is 13.0. The largest absolute Gasteiger partial charge is 0.497 e. The third-order valence-electron chi connectivity index (χ3n) is 6.68. The highest BCUT2D eigenvalue weighted by Gasteiger charge is 2.32. The van der Waals surface area contributed by atoms with Gasteiger partial charge in [-0.15, -0.1) is 0 Å². The number of hydrogen-bond donors (Lipinski definition) is 0. The van der Waals surface area contributed by atoms with Gasteiger partial charge in [-0.2, -0.15) is 5.10 Å². The molecule has 0 saturated carbocycles. The van der Waals surface area contributed by atoms with Gasteiger partial charge in [0.1, 0.15) is 5.75 Å². The molecule has 182 valence electrons. The number of fused-ring (bicyclic) bond motifs is 1. The zero-order valence-electron chi connectivity index (χ0n) is 20.6. The molecule has 0 spiro atoms. The van der Waals surface area contributed by atoms with Crippen molar-refractivity contribution >= 4 is 38.5 Å². The Hall–Kier alpha value is -4.03. The first-order chi connectivity index (χ1) is 18.1. The van der Waals surface area contributed by atoms with Gasteiger partial charge >= 0.3 is 0 Å². The van der Waals surface area contributed by atoms with Gasteiger partial charge in [-0.3, -0.25) is 0 Å². The Bertz CT molecular complexity index is 1600. The van der Waals surface area contributed by atoms with Gasteiger partial charge in [-0.05, 0) is 66.6 Å². The van der Waals surface area contributed by atoms with Crippen LogP contribution in [0.3, 0.4) is 0 Å². The van der Waals surface area contributed by atoms with Crippen molar-refractivity contribution in [1.29, 1.82) is 0 Å². The molecular formula is C31H25BrN4O. The normalized spacial score (nSPS) is 15.2. The number of anilines is 1. The molecule has 2 heterocycles. The Labute approximate surface area is 224 Å². The highest BCUT2D eigenvalue weighted by atomic mass is 79.9. The zero-order chi connectivity index (χ0) is 25.4. The summed E-state index contributed by atoms with van der Waals surface area (Å²) in [4.78, 5) is 10.1. The van der Waals surface area contributed by atoms with Gasteiger partial charge in [0.2, 0.25) is 5.95 Å². The zero-order valence-corrected chi connectivity index (χ0v) is 22.2. The molecule has 1 aliphatic rings. The summed E-state index contributed by atoms with van der Waals surface area (Å²) in [5.74, 6) is 1.41. The molecule has 0 radical (unpaired) electrons. The average Bonchev–Trinajstić information content (AvgIpc) is 3.39. The van der Waals surface area contributed by atoms with Gasteiger partial charge in [0.15, 0.2) is 0 Å². The molecule has 0 amide bonds. The number of aryl methyl sites for hydroxylation is 1. The fourth-order valence-electron chi connectivity index (χ4n) is 4.75. The smallest absolute Gasteiger partial charge is 0.247 e. The van der Waals surface area contributed by atoms with Crippen LogP contribution in [0.4, 0.5) is 5.95 Å². The van der Waals surface area contributed by atoms with E-state index in [4.69, 9.17) is 19.8 Å². The number of halogens is 1. The molecule has 0 N–H and O–H groups in total. The molecule has 37 heavy (non-hydrogen) atoms. The second-order valence-corrected chi connectivity index (χ2v) is 10.1. The molecule has 6 rings (SSSR count). The predicted octanol–water partition coefficient (Wildman–Crippen LogP) is 7.73. The van der Waals surface area contributed by atoms with E-state index in [0.717, 1.165) is 55.6 Å². The molecule has 4 aromatic carbocycles. The predicted molar refractivity (Wildman–Crippen MR) is 153 cm³/mol. The maximum Gasteiger partial charge on any atom is 0.247 e. The number of nitrogens with zero attached hydrogens (tertiary/aromatic N) is 4. The number of hydrogen-bond acceptors (Lipinski definition) is 5. The summed E-state index contributed by atoms with van der Waals surface area (Å²) in [6.45, 7) is 2.09. The van der Waals surface area contributed by atoms with Crippen molar-refractivity contribution in [2.45, 2.75) is 19.4 Å². The summed E-state index contributed by atoms with van der Waals surface area (Å²) in [5, 5.41) is 8.11. The lowest BCUT2D eigenvalue weighted by Crippen LogP contribution is -2.21. The summed E-state index contributed by atoms with van der Waals surface area (Å²) < 4.78 is 6.40. The van der Waals surface area contributed by atoms with Crippen LogP contribution in [-0.4, -0.2) is 22.8 Å². The van der Waals surface area contributed by atoms with Crippen molar-refractivity contribution in [1.82, 2.24) is 9.97 Å². The molecule has 6 heteroatoms. The molecule has 1 aromatic heterocycles. The Morgan fingerprint density at radius 1 is 0.838 bits per heavy atom. The lowest BCUT2D eigenvalue weighted by atomic mass is 9.98. The molecule has 0 fully saturated rings. The summed E-state index contributed by atoms with van der Waals surface area (Å²) in [5.41, 5.74) is 7.25. The third kappa shape index (κ3) is 4.60. The molecule has 1 atom stereocenters. The lowest BCUT2D eigenvalue weighted by molar-refractivity contribution is 0.415. The van der Waals surface area contributed by atoms with Crippen LogP contribution in [0.15, 0.2) is 107 Å². The third-order valence-corrected chi connectivity index (χ3v) is 7.21. The van der Waals surface area contributed by atoms with Crippen molar-refractivity contribution in [2.24, 2.45) is 5.10 Å². The second kappa shape index (κ2) is 9.79. The summed E-state index contributed by atoms with van der Waals surface area (Å²) in [6.07, 6.45) is 0.740. The molecule has 0 bridgehead atoms. The van der Waals surface area contributed by atoms with E-state index in [-0.39, 0.29) is 6.04 Å². The fraction of sp³-hybridized carbons (Fsp3) is 0.129. The SMILES string of the molecule is COc1ccc(C2=NN(c3nc(-c4ccccc4)c4cc(C)ccc4n3)[C@@H](c3ccc(Br)cc3)C2)cc1. The number of rotatable bonds is 5. The van der Waals surface area contributed by atoms with Crippen LogP contribution in [-0.2, 0) is 0 Å². The van der Waals surface area contributed by atoms with Crippen LogP contribution in [0.5, 0.6) is 5.75 Å². The van der Waals surface area contributed by atoms with E-state index in [2.05, 4.69) is 89.6 Å². The van der Waals surface area contributed by atoms with Crippen LogP contribution in [0.2, 0.25) is 0 Å². The van der Waals surface area contributed by atoms with E-state index in [9.17, 15) is 0 Å². The van der Waals surface area contributed by atoms with Crippen molar-refractivity contribution < 1.29 is 4.74 Å². The van der Waals surface area contributed by atoms with Gasteiger partial charge in [0.25, 0.3) is 0 Å². The van der Waals surface area contributed by atoms with Crippen LogP contribution in [0.25, 0.3) is 22.2 Å². The summed E-state index contributed by atoms with van der Waals surface area (Å²) in [7, 11) is 1.68. The Kier molecular flexibility index (Phi) is 6.18. The Balaban J connectivity index is 1.52. The maximum absolute atomic E-state index is 5.35. The van der Waals surface area contributed by atoms with Gasteiger partial charge in [0.05, 0.1) is 30.1 Å². The van der Waals surface area contributed by atoms with Crippen molar-refractivity contribution in [3.05, 3.63) is 118 Å². The molecule has 5 aromatic rings. The van der Waals surface area contributed by atoms with Crippen LogP contribution in [0.1, 0.15) is 29.2 Å². The maximum atomic E-state index is 5.35. The second-order valence-electron chi connectivity index (χ2n) is 9.15.